The third-order valence-electron chi connectivity index (χ3n) is 4.74. The van der Waals surface area contributed by atoms with Gasteiger partial charge < -0.3 is 4.90 Å². The second-order valence-electron chi connectivity index (χ2n) is 6.22. The van der Waals surface area contributed by atoms with E-state index >= 15 is 0 Å². The molecule has 23 heavy (non-hydrogen) atoms. The highest BCUT2D eigenvalue weighted by Crippen LogP contribution is 2.24. The van der Waals surface area contributed by atoms with Gasteiger partial charge in [0.05, 0.1) is 11.5 Å². The average Bonchev–Trinajstić information content (AvgIpc) is 2.81. The zero-order valence-electron chi connectivity index (χ0n) is 14.2. The molecule has 1 saturated carbocycles. The van der Waals surface area contributed by atoms with Crippen molar-refractivity contribution >= 4 is 11.6 Å². The van der Waals surface area contributed by atoms with E-state index in [1.54, 1.807) is 18.5 Å². The summed E-state index contributed by atoms with van der Waals surface area (Å²) in [6.45, 7) is 6.44. The van der Waals surface area contributed by atoms with E-state index in [4.69, 9.17) is 0 Å². The minimum Gasteiger partial charge on any atom is -0.340 e. The van der Waals surface area contributed by atoms with Crippen LogP contribution in [0.3, 0.4) is 0 Å². The number of nitro groups is 1. The van der Waals surface area contributed by atoms with Gasteiger partial charge in [-0.3, -0.25) is 19.6 Å². The molecular formula is C16H26N4O3. The van der Waals surface area contributed by atoms with Gasteiger partial charge in [0, 0.05) is 19.0 Å². The summed E-state index contributed by atoms with van der Waals surface area (Å²) in [7, 11) is 0. The maximum Gasteiger partial charge on any atom is 0.312 e. The molecule has 0 aliphatic heterocycles. The number of carbonyl (C=O) groups is 1. The first-order valence-corrected chi connectivity index (χ1v) is 8.43. The molecule has 0 aromatic carbocycles. The van der Waals surface area contributed by atoms with Crippen molar-refractivity contribution in [3.8, 4) is 0 Å². The van der Waals surface area contributed by atoms with Crippen LogP contribution in [0.5, 0.6) is 0 Å². The molecule has 7 nitrogen and oxygen atoms in total. The first kappa shape index (κ1) is 17.4. The molecule has 1 amide bonds. The number of nitrogens with zero attached hydrogens (tertiary/aromatic N) is 4. The van der Waals surface area contributed by atoms with E-state index in [1.165, 1.54) is 19.3 Å². The Kier molecular flexibility index (Phi) is 5.74. The molecule has 1 heterocycles. The Labute approximate surface area is 136 Å². The fraction of sp³-hybridized carbons (Fsp3) is 0.750. The topological polar surface area (TPSA) is 81.3 Å². The lowest BCUT2D eigenvalue weighted by Crippen LogP contribution is -2.41. The van der Waals surface area contributed by atoms with E-state index in [0.29, 0.717) is 30.4 Å². The monoisotopic (exact) mass is 322 g/mol. The van der Waals surface area contributed by atoms with E-state index < -0.39 is 4.92 Å². The summed E-state index contributed by atoms with van der Waals surface area (Å²) < 4.78 is 1.58. The summed E-state index contributed by atoms with van der Waals surface area (Å²) in [4.78, 5) is 25.1. The first-order chi connectivity index (χ1) is 11.0. The average molecular weight is 322 g/mol. The molecule has 0 unspecified atom stereocenters. The summed E-state index contributed by atoms with van der Waals surface area (Å²) in [6, 6.07) is 0.357. The van der Waals surface area contributed by atoms with Crippen LogP contribution in [0.15, 0.2) is 0 Å². The van der Waals surface area contributed by atoms with E-state index in [2.05, 4.69) is 5.10 Å². The molecule has 0 saturated heterocycles. The van der Waals surface area contributed by atoms with Crippen molar-refractivity contribution in [1.29, 1.82) is 0 Å². The van der Waals surface area contributed by atoms with Crippen LogP contribution < -0.4 is 0 Å². The van der Waals surface area contributed by atoms with Crippen LogP contribution in [0.2, 0.25) is 0 Å². The molecule has 1 aromatic heterocycles. The number of rotatable bonds is 6. The zero-order chi connectivity index (χ0) is 17.0. The summed E-state index contributed by atoms with van der Waals surface area (Å²) >= 11 is 0. The number of hydrogen-bond donors (Lipinski definition) is 0. The smallest absolute Gasteiger partial charge is 0.312 e. The summed E-state index contributed by atoms with van der Waals surface area (Å²) in [5, 5.41) is 15.2. The third-order valence-corrected chi connectivity index (χ3v) is 4.74. The van der Waals surface area contributed by atoms with Gasteiger partial charge >= 0.3 is 5.69 Å². The lowest BCUT2D eigenvalue weighted by atomic mass is 9.94. The van der Waals surface area contributed by atoms with Gasteiger partial charge in [0.1, 0.15) is 11.4 Å². The molecule has 2 rings (SSSR count). The minimum absolute atomic E-state index is 0.0528. The Morgan fingerprint density at radius 1 is 1.35 bits per heavy atom. The van der Waals surface area contributed by atoms with Gasteiger partial charge in [0.25, 0.3) is 0 Å². The van der Waals surface area contributed by atoms with Crippen molar-refractivity contribution in [1.82, 2.24) is 14.7 Å². The van der Waals surface area contributed by atoms with Crippen LogP contribution >= 0.6 is 0 Å². The van der Waals surface area contributed by atoms with Gasteiger partial charge in [-0.1, -0.05) is 19.3 Å². The molecular weight excluding hydrogens is 296 g/mol. The summed E-state index contributed by atoms with van der Waals surface area (Å²) in [6.07, 6.45) is 6.16. The number of hydrogen-bond acceptors (Lipinski definition) is 4. The normalized spacial score (nSPS) is 15.6. The van der Waals surface area contributed by atoms with Crippen molar-refractivity contribution in [3.63, 3.8) is 0 Å². The van der Waals surface area contributed by atoms with Gasteiger partial charge in [-0.2, -0.15) is 5.10 Å². The first-order valence-electron chi connectivity index (χ1n) is 8.43. The minimum atomic E-state index is -0.406. The standard InChI is InChI=1S/C16H26N4O3/c1-4-18(14-8-6-5-7-9-14)15(21)10-11-19-13(3)16(20(22)23)12(2)17-19/h14H,4-11H2,1-3H3. The molecule has 0 N–H and O–H groups in total. The number of aromatic nitrogens is 2. The van der Waals surface area contributed by atoms with Crippen LogP contribution in [0, 0.1) is 24.0 Å². The highest BCUT2D eigenvalue weighted by atomic mass is 16.6. The second kappa shape index (κ2) is 7.57. The van der Waals surface area contributed by atoms with Crippen LogP contribution in [0.25, 0.3) is 0 Å². The Hall–Kier alpha value is -1.92. The van der Waals surface area contributed by atoms with Crippen LogP contribution in [-0.4, -0.2) is 38.1 Å². The fourth-order valence-electron chi connectivity index (χ4n) is 3.55. The number of carbonyl (C=O) groups excluding carboxylic acids is 1. The van der Waals surface area contributed by atoms with Crippen molar-refractivity contribution < 1.29 is 9.72 Å². The van der Waals surface area contributed by atoms with Crippen molar-refractivity contribution in [2.75, 3.05) is 6.54 Å². The molecule has 1 aliphatic carbocycles. The van der Waals surface area contributed by atoms with E-state index in [1.807, 2.05) is 11.8 Å². The van der Waals surface area contributed by atoms with E-state index in [-0.39, 0.29) is 11.6 Å². The number of aryl methyl sites for hydroxylation is 2. The Balaban J connectivity index is 2.00. The van der Waals surface area contributed by atoms with Crippen molar-refractivity contribution in [2.24, 2.45) is 0 Å². The van der Waals surface area contributed by atoms with Gasteiger partial charge in [-0.25, -0.2) is 0 Å². The Morgan fingerprint density at radius 3 is 2.52 bits per heavy atom. The second-order valence-corrected chi connectivity index (χ2v) is 6.22. The Bertz CT molecular complexity index is 576. The molecule has 0 bridgehead atoms. The van der Waals surface area contributed by atoms with Gasteiger partial charge in [-0.05, 0) is 33.6 Å². The van der Waals surface area contributed by atoms with Gasteiger partial charge in [0.2, 0.25) is 5.91 Å². The van der Waals surface area contributed by atoms with Gasteiger partial charge in [0.15, 0.2) is 0 Å². The maximum absolute atomic E-state index is 12.5. The molecule has 0 atom stereocenters. The summed E-state index contributed by atoms with van der Waals surface area (Å²) in [5.74, 6) is 0.120. The van der Waals surface area contributed by atoms with E-state index in [0.717, 1.165) is 19.4 Å². The molecule has 1 aromatic rings. The van der Waals surface area contributed by atoms with Gasteiger partial charge in [-0.15, -0.1) is 0 Å². The predicted octanol–water partition coefficient (Wildman–Crippen LogP) is 2.98. The molecule has 0 radical (unpaired) electrons. The maximum atomic E-state index is 12.5. The molecule has 7 heteroatoms. The lowest BCUT2D eigenvalue weighted by molar-refractivity contribution is -0.386. The van der Waals surface area contributed by atoms with Crippen LogP contribution in [-0.2, 0) is 11.3 Å². The molecule has 0 spiro atoms. The molecule has 1 aliphatic rings. The summed E-state index contributed by atoms with van der Waals surface area (Å²) in [5.41, 5.74) is 0.970. The molecule has 1 fully saturated rings. The zero-order valence-corrected chi connectivity index (χ0v) is 14.2. The van der Waals surface area contributed by atoms with Crippen molar-refractivity contribution in [3.05, 3.63) is 21.5 Å². The van der Waals surface area contributed by atoms with Crippen LogP contribution in [0.1, 0.15) is 56.8 Å². The highest BCUT2D eigenvalue weighted by molar-refractivity contribution is 5.76. The lowest BCUT2D eigenvalue weighted by Gasteiger charge is -2.33. The largest absolute Gasteiger partial charge is 0.340 e. The SMILES string of the molecule is CCN(C(=O)CCn1nc(C)c([N+](=O)[O-])c1C)C1CCCCC1. The predicted molar refractivity (Wildman–Crippen MR) is 87.2 cm³/mol. The molecule has 128 valence electrons. The van der Waals surface area contributed by atoms with Crippen LogP contribution in [0.4, 0.5) is 5.69 Å². The Morgan fingerprint density at radius 2 is 2.00 bits per heavy atom. The van der Waals surface area contributed by atoms with Crippen molar-refractivity contribution in [2.45, 2.75) is 71.9 Å². The quantitative estimate of drug-likeness (QED) is 0.595. The highest BCUT2D eigenvalue weighted by Gasteiger charge is 2.25. The fourth-order valence-corrected chi connectivity index (χ4v) is 3.55. The van der Waals surface area contributed by atoms with E-state index in [9.17, 15) is 14.9 Å². The third kappa shape index (κ3) is 3.89. The number of amides is 1.